The van der Waals surface area contributed by atoms with E-state index in [4.69, 9.17) is 18.0 Å². The van der Waals surface area contributed by atoms with E-state index in [1.54, 1.807) is 0 Å². The standard InChI is InChI=1S/C14H19BrN2S/c1-9-3-2-4-11(7-9)17-13-6-5-10(15)8-12(13)14(16)18/h5-6,8-9,11,17H,2-4,7H2,1H3,(H2,16,18). The van der Waals surface area contributed by atoms with Gasteiger partial charge in [-0.3, -0.25) is 0 Å². The molecule has 18 heavy (non-hydrogen) atoms. The van der Waals surface area contributed by atoms with E-state index in [2.05, 4.69) is 34.2 Å². The van der Waals surface area contributed by atoms with Crippen LogP contribution in [0.2, 0.25) is 0 Å². The van der Waals surface area contributed by atoms with Gasteiger partial charge in [0.1, 0.15) is 4.99 Å². The van der Waals surface area contributed by atoms with E-state index >= 15 is 0 Å². The Hall–Kier alpha value is -0.610. The third kappa shape index (κ3) is 3.45. The van der Waals surface area contributed by atoms with Crippen LogP contribution in [0.1, 0.15) is 38.2 Å². The highest BCUT2D eigenvalue weighted by molar-refractivity contribution is 9.10. The van der Waals surface area contributed by atoms with Crippen LogP contribution in [-0.4, -0.2) is 11.0 Å². The number of nitrogens with two attached hydrogens (primary N) is 1. The molecule has 2 unspecified atom stereocenters. The van der Waals surface area contributed by atoms with E-state index in [-0.39, 0.29) is 0 Å². The monoisotopic (exact) mass is 326 g/mol. The minimum absolute atomic E-state index is 0.447. The van der Waals surface area contributed by atoms with Crippen LogP contribution in [0.3, 0.4) is 0 Å². The first-order valence-corrected chi connectivity index (χ1v) is 7.62. The summed E-state index contributed by atoms with van der Waals surface area (Å²) in [6.45, 7) is 2.32. The Balaban J connectivity index is 2.15. The third-order valence-electron chi connectivity index (χ3n) is 3.54. The van der Waals surface area contributed by atoms with Crippen molar-refractivity contribution in [3.63, 3.8) is 0 Å². The number of anilines is 1. The maximum atomic E-state index is 5.79. The molecule has 4 heteroatoms. The van der Waals surface area contributed by atoms with Crippen molar-refractivity contribution >= 4 is 38.8 Å². The van der Waals surface area contributed by atoms with Crippen LogP contribution in [0.5, 0.6) is 0 Å². The molecule has 2 atom stereocenters. The van der Waals surface area contributed by atoms with Crippen LogP contribution in [0, 0.1) is 5.92 Å². The summed E-state index contributed by atoms with van der Waals surface area (Å²) in [5, 5.41) is 3.60. The van der Waals surface area contributed by atoms with E-state index in [0.29, 0.717) is 11.0 Å². The van der Waals surface area contributed by atoms with Gasteiger partial charge in [0.25, 0.3) is 0 Å². The third-order valence-corrected chi connectivity index (χ3v) is 4.26. The molecule has 1 fully saturated rings. The number of benzene rings is 1. The average Bonchev–Trinajstić information content (AvgIpc) is 2.31. The Morgan fingerprint density at radius 3 is 2.89 bits per heavy atom. The molecule has 0 spiro atoms. The summed E-state index contributed by atoms with van der Waals surface area (Å²) in [5.41, 5.74) is 7.77. The topological polar surface area (TPSA) is 38.0 Å². The van der Waals surface area contributed by atoms with Crippen LogP contribution < -0.4 is 11.1 Å². The summed E-state index contributed by atoms with van der Waals surface area (Å²) in [4.78, 5) is 0.447. The first-order chi connectivity index (χ1) is 8.56. The Labute approximate surface area is 122 Å². The number of hydrogen-bond donors (Lipinski definition) is 2. The molecule has 0 radical (unpaired) electrons. The van der Waals surface area contributed by atoms with E-state index in [0.717, 1.165) is 21.6 Å². The highest BCUT2D eigenvalue weighted by Crippen LogP contribution is 2.28. The van der Waals surface area contributed by atoms with E-state index in [9.17, 15) is 0 Å². The Morgan fingerprint density at radius 1 is 1.44 bits per heavy atom. The fraction of sp³-hybridized carbons (Fsp3) is 0.500. The maximum Gasteiger partial charge on any atom is 0.106 e. The van der Waals surface area contributed by atoms with Gasteiger partial charge in [-0.05, 0) is 37.0 Å². The Bertz CT molecular complexity index is 447. The van der Waals surface area contributed by atoms with Crippen LogP contribution in [-0.2, 0) is 0 Å². The van der Waals surface area contributed by atoms with Crippen LogP contribution in [0.15, 0.2) is 22.7 Å². The van der Waals surface area contributed by atoms with Crippen molar-refractivity contribution in [1.82, 2.24) is 0 Å². The normalized spacial score (nSPS) is 23.7. The summed E-state index contributed by atoms with van der Waals surface area (Å²) < 4.78 is 1.01. The molecule has 98 valence electrons. The first kappa shape index (κ1) is 13.8. The number of hydrogen-bond acceptors (Lipinski definition) is 2. The minimum Gasteiger partial charge on any atom is -0.389 e. The van der Waals surface area contributed by atoms with Crippen LogP contribution in [0.25, 0.3) is 0 Å². The van der Waals surface area contributed by atoms with Gasteiger partial charge >= 0.3 is 0 Å². The molecule has 0 aliphatic heterocycles. The zero-order valence-corrected chi connectivity index (χ0v) is 13.0. The van der Waals surface area contributed by atoms with Crippen LogP contribution >= 0.6 is 28.1 Å². The molecule has 2 nitrogen and oxygen atoms in total. The Morgan fingerprint density at radius 2 is 2.22 bits per heavy atom. The second kappa shape index (κ2) is 6.02. The molecule has 0 bridgehead atoms. The average molecular weight is 327 g/mol. The first-order valence-electron chi connectivity index (χ1n) is 6.42. The molecule has 1 aliphatic carbocycles. The fourth-order valence-electron chi connectivity index (χ4n) is 2.63. The van der Waals surface area contributed by atoms with Gasteiger partial charge in [0, 0.05) is 21.8 Å². The molecule has 0 aromatic heterocycles. The van der Waals surface area contributed by atoms with Crippen LogP contribution in [0.4, 0.5) is 5.69 Å². The molecule has 0 amide bonds. The van der Waals surface area contributed by atoms with Gasteiger partial charge in [-0.1, -0.05) is 47.9 Å². The fourth-order valence-corrected chi connectivity index (χ4v) is 3.16. The SMILES string of the molecule is CC1CCCC(Nc2ccc(Br)cc2C(N)=S)C1. The molecule has 1 saturated carbocycles. The predicted octanol–water partition coefficient (Wildman–Crippen LogP) is 4.07. The zero-order valence-electron chi connectivity index (χ0n) is 10.6. The minimum atomic E-state index is 0.447. The van der Waals surface area contributed by atoms with Gasteiger partial charge in [0.2, 0.25) is 0 Å². The number of halogens is 1. The van der Waals surface area contributed by atoms with Gasteiger partial charge in [-0.15, -0.1) is 0 Å². The zero-order chi connectivity index (χ0) is 13.1. The van der Waals surface area contributed by atoms with Crippen molar-refractivity contribution in [2.24, 2.45) is 11.7 Å². The lowest BCUT2D eigenvalue weighted by molar-refractivity contribution is 0.358. The lowest BCUT2D eigenvalue weighted by atomic mass is 9.87. The smallest absolute Gasteiger partial charge is 0.106 e. The van der Waals surface area contributed by atoms with Gasteiger partial charge in [-0.25, -0.2) is 0 Å². The summed E-state index contributed by atoms with van der Waals surface area (Å²) in [6, 6.07) is 6.61. The van der Waals surface area contributed by atoms with Crippen molar-refractivity contribution in [3.05, 3.63) is 28.2 Å². The maximum absolute atomic E-state index is 5.79. The number of thiocarbonyl (C=S) groups is 1. The summed E-state index contributed by atoms with van der Waals surface area (Å²) >= 11 is 8.57. The van der Waals surface area contributed by atoms with Gasteiger partial charge < -0.3 is 11.1 Å². The van der Waals surface area contributed by atoms with E-state index in [1.807, 2.05) is 12.1 Å². The highest BCUT2D eigenvalue weighted by Gasteiger charge is 2.19. The molecular formula is C14H19BrN2S. The highest BCUT2D eigenvalue weighted by atomic mass is 79.9. The summed E-state index contributed by atoms with van der Waals surface area (Å²) in [6.07, 6.45) is 5.11. The largest absolute Gasteiger partial charge is 0.389 e. The van der Waals surface area contributed by atoms with Crippen molar-refractivity contribution in [2.45, 2.75) is 38.6 Å². The van der Waals surface area contributed by atoms with Crippen molar-refractivity contribution < 1.29 is 0 Å². The van der Waals surface area contributed by atoms with Crippen molar-refractivity contribution in [3.8, 4) is 0 Å². The van der Waals surface area contributed by atoms with E-state index in [1.165, 1.54) is 25.7 Å². The molecule has 1 aliphatic rings. The molecule has 1 aromatic rings. The van der Waals surface area contributed by atoms with E-state index < -0.39 is 0 Å². The molecule has 1 aromatic carbocycles. The number of rotatable bonds is 3. The second-order valence-electron chi connectivity index (χ2n) is 5.17. The summed E-state index contributed by atoms with van der Waals surface area (Å²) in [5.74, 6) is 0.806. The number of nitrogens with one attached hydrogen (secondary N) is 1. The molecule has 0 saturated heterocycles. The predicted molar refractivity (Wildman–Crippen MR) is 85.1 cm³/mol. The lowest BCUT2D eigenvalue weighted by Crippen LogP contribution is -2.27. The van der Waals surface area contributed by atoms with Crippen molar-refractivity contribution in [2.75, 3.05) is 5.32 Å². The molecular weight excluding hydrogens is 308 g/mol. The van der Waals surface area contributed by atoms with Gasteiger partial charge in [0.05, 0.1) is 0 Å². The molecule has 3 N–H and O–H groups in total. The van der Waals surface area contributed by atoms with Crippen molar-refractivity contribution in [1.29, 1.82) is 0 Å². The summed E-state index contributed by atoms with van der Waals surface area (Å²) in [7, 11) is 0. The lowest BCUT2D eigenvalue weighted by Gasteiger charge is -2.29. The Kier molecular flexibility index (Phi) is 4.62. The quantitative estimate of drug-likeness (QED) is 0.822. The van der Waals surface area contributed by atoms with Gasteiger partial charge in [0.15, 0.2) is 0 Å². The molecule has 2 rings (SSSR count). The second-order valence-corrected chi connectivity index (χ2v) is 6.52. The van der Waals surface area contributed by atoms with Gasteiger partial charge in [-0.2, -0.15) is 0 Å². The molecule has 0 heterocycles.